The van der Waals surface area contributed by atoms with E-state index < -0.39 is 0 Å². The molecule has 8 heteroatoms. The Balaban J connectivity index is 0.00000312. The number of aromatic nitrogens is 2. The monoisotopic (exact) mass is 404 g/mol. The van der Waals surface area contributed by atoms with Crippen LogP contribution in [0.5, 0.6) is 0 Å². The number of aryl methyl sites for hydroxylation is 1. The third-order valence-corrected chi connectivity index (χ3v) is 4.57. The molecular formula is C17H23Cl3N4O. The Morgan fingerprint density at radius 2 is 2.00 bits per heavy atom. The molecule has 1 aromatic heterocycles. The van der Waals surface area contributed by atoms with Gasteiger partial charge in [0.25, 0.3) is 0 Å². The zero-order valence-electron chi connectivity index (χ0n) is 14.8. The van der Waals surface area contributed by atoms with Crippen molar-refractivity contribution in [1.82, 2.24) is 20.0 Å². The van der Waals surface area contributed by atoms with Crippen LogP contribution in [0.15, 0.2) is 18.2 Å². The zero-order chi connectivity index (χ0) is 17.9. The van der Waals surface area contributed by atoms with Crippen molar-refractivity contribution < 1.29 is 4.79 Å². The zero-order valence-corrected chi connectivity index (χ0v) is 17.1. The predicted molar refractivity (Wildman–Crippen MR) is 106 cm³/mol. The molecule has 0 radical (unpaired) electrons. The molecule has 0 aliphatic heterocycles. The van der Waals surface area contributed by atoms with Gasteiger partial charge in [-0.25, -0.2) is 4.68 Å². The van der Waals surface area contributed by atoms with Gasteiger partial charge in [0.2, 0.25) is 5.91 Å². The molecule has 0 atom stereocenters. The van der Waals surface area contributed by atoms with Crippen molar-refractivity contribution in [1.29, 1.82) is 0 Å². The average Bonchev–Trinajstić information content (AvgIpc) is 2.80. The number of amides is 1. The fourth-order valence-electron chi connectivity index (χ4n) is 2.51. The van der Waals surface area contributed by atoms with E-state index in [2.05, 4.69) is 10.4 Å². The van der Waals surface area contributed by atoms with Gasteiger partial charge in [-0.15, -0.1) is 12.4 Å². The number of nitrogens with one attached hydrogen (secondary N) is 1. The summed E-state index contributed by atoms with van der Waals surface area (Å²) < 4.78 is 1.77. The second-order valence-corrected chi connectivity index (χ2v) is 6.60. The summed E-state index contributed by atoms with van der Waals surface area (Å²) in [5.74, 6) is 0.0678. The van der Waals surface area contributed by atoms with Crippen molar-refractivity contribution in [3.05, 3.63) is 45.2 Å². The second-order valence-electron chi connectivity index (χ2n) is 5.75. The Hall–Kier alpha value is -1.27. The average molecular weight is 406 g/mol. The van der Waals surface area contributed by atoms with Crippen LogP contribution in [0.25, 0.3) is 5.69 Å². The molecule has 0 saturated heterocycles. The van der Waals surface area contributed by atoms with E-state index in [1.165, 1.54) is 0 Å². The standard InChI is InChI=1S/C17H22Cl2N4O.ClH/c1-11-14(10-17(24)22(4)8-7-20-3)12(2)23(21-11)16-6-5-13(18)9-15(16)19;/h5-6,9,20H,7-8,10H2,1-4H3;1H. The molecule has 0 unspecified atom stereocenters. The maximum atomic E-state index is 12.4. The predicted octanol–water partition coefficient (Wildman–Crippen LogP) is 3.44. The van der Waals surface area contributed by atoms with Crippen LogP contribution >= 0.6 is 35.6 Å². The summed E-state index contributed by atoms with van der Waals surface area (Å²) in [5, 5.41) is 8.69. The molecule has 0 bridgehead atoms. The SMILES string of the molecule is CNCCN(C)C(=O)Cc1c(C)nn(-c2ccc(Cl)cc2Cl)c1C.Cl. The Kier molecular flexibility index (Phi) is 8.22. The van der Waals surface area contributed by atoms with Gasteiger partial charge < -0.3 is 10.2 Å². The third kappa shape index (κ3) is 5.11. The van der Waals surface area contributed by atoms with E-state index in [0.29, 0.717) is 23.0 Å². The van der Waals surface area contributed by atoms with Gasteiger partial charge in [0.05, 0.1) is 22.8 Å². The molecule has 0 aliphatic carbocycles. The number of nitrogens with zero attached hydrogens (tertiary/aromatic N) is 3. The van der Waals surface area contributed by atoms with Gasteiger partial charge >= 0.3 is 0 Å². The first-order chi connectivity index (χ1) is 11.3. The van der Waals surface area contributed by atoms with Crippen molar-refractivity contribution in [2.45, 2.75) is 20.3 Å². The summed E-state index contributed by atoms with van der Waals surface area (Å²) in [4.78, 5) is 14.1. The van der Waals surface area contributed by atoms with Crippen LogP contribution in [0.4, 0.5) is 0 Å². The highest BCUT2D eigenvalue weighted by molar-refractivity contribution is 6.35. The second kappa shape index (κ2) is 9.43. The molecule has 2 rings (SSSR count). The van der Waals surface area contributed by atoms with Gasteiger partial charge in [-0.2, -0.15) is 5.10 Å². The van der Waals surface area contributed by atoms with Gasteiger partial charge in [0, 0.05) is 36.4 Å². The van der Waals surface area contributed by atoms with E-state index in [4.69, 9.17) is 23.2 Å². The van der Waals surface area contributed by atoms with E-state index in [0.717, 1.165) is 29.2 Å². The van der Waals surface area contributed by atoms with Crippen LogP contribution in [0, 0.1) is 13.8 Å². The molecule has 25 heavy (non-hydrogen) atoms. The Morgan fingerprint density at radius 1 is 1.32 bits per heavy atom. The smallest absolute Gasteiger partial charge is 0.226 e. The maximum absolute atomic E-state index is 12.4. The van der Waals surface area contributed by atoms with Crippen LogP contribution in [-0.4, -0.2) is 47.8 Å². The first-order valence-corrected chi connectivity index (χ1v) is 8.49. The van der Waals surface area contributed by atoms with Crippen molar-refractivity contribution in [3.63, 3.8) is 0 Å². The molecule has 0 aliphatic rings. The van der Waals surface area contributed by atoms with E-state index >= 15 is 0 Å². The van der Waals surface area contributed by atoms with Gasteiger partial charge in [-0.1, -0.05) is 23.2 Å². The number of halogens is 3. The van der Waals surface area contributed by atoms with Crippen molar-refractivity contribution in [2.24, 2.45) is 0 Å². The molecule has 0 spiro atoms. The fourth-order valence-corrected chi connectivity index (χ4v) is 3.00. The molecule has 138 valence electrons. The van der Waals surface area contributed by atoms with E-state index in [-0.39, 0.29) is 18.3 Å². The van der Waals surface area contributed by atoms with Gasteiger partial charge in [-0.3, -0.25) is 4.79 Å². The lowest BCUT2D eigenvalue weighted by Gasteiger charge is -2.17. The first-order valence-electron chi connectivity index (χ1n) is 7.74. The van der Waals surface area contributed by atoms with Crippen LogP contribution in [-0.2, 0) is 11.2 Å². The molecule has 1 heterocycles. The number of carbonyl (C=O) groups is 1. The largest absolute Gasteiger partial charge is 0.344 e. The number of benzene rings is 1. The highest BCUT2D eigenvalue weighted by Gasteiger charge is 2.19. The number of hydrogen-bond acceptors (Lipinski definition) is 3. The summed E-state index contributed by atoms with van der Waals surface area (Å²) in [7, 11) is 3.68. The minimum absolute atomic E-state index is 0. The molecule has 2 aromatic rings. The minimum Gasteiger partial charge on any atom is -0.344 e. The lowest BCUT2D eigenvalue weighted by Crippen LogP contribution is -2.34. The minimum atomic E-state index is 0. The molecule has 0 fully saturated rings. The lowest BCUT2D eigenvalue weighted by molar-refractivity contribution is -0.129. The maximum Gasteiger partial charge on any atom is 0.226 e. The molecule has 0 saturated carbocycles. The van der Waals surface area contributed by atoms with E-state index in [9.17, 15) is 4.79 Å². The number of rotatable bonds is 6. The normalized spacial score (nSPS) is 10.5. The van der Waals surface area contributed by atoms with Crippen LogP contribution in [0.3, 0.4) is 0 Å². The Bertz CT molecular complexity index is 746. The van der Waals surface area contributed by atoms with Crippen LogP contribution in [0.2, 0.25) is 10.0 Å². The lowest BCUT2D eigenvalue weighted by atomic mass is 10.1. The fraction of sp³-hybridized carbons (Fsp3) is 0.412. The van der Waals surface area contributed by atoms with Crippen molar-refractivity contribution >= 4 is 41.5 Å². The highest BCUT2D eigenvalue weighted by atomic mass is 35.5. The molecular weight excluding hydrogens is 383 g/mol. The van der Waals surface area contributed by atoms with Crippen LogP contribution in [0.1, 0.15) is 17.0 Å². The van der Waals surface area contributed by atoms with E-state index in [1.54, 1.807) is 21.7 Å². The van der Waals surface area contributed by atoms with Crippen LogP contribution < -0.4 is 5.32 Å². The van der Waals surface area contributed by atoms with Gasteiger partial charge in [-0.05, 0) is 39.1 Å². The topological polar surface area (TPSA) is 50.2 Å². The Labute approximate surface area is 164 Å². The first kappa shape index (κ1) is 21.8. The van der Waals surface area contributed by atoms with Gasteiger partial charge in [0.1, 0.15) is 0 Å². The third-order valence-electron chi connectivity index (χ3n) is 4.03. The highest BCUT2D eigenvalue weighted by Crippen LogP contribution is 2.27. The number of carbonyl (C=O) groups excluding carboxylic acids is 1. The summed E-state index contributed by atoms with van der Waals surface area (Å²) in [6, 6.07) is 5.29. The van der Waals surface area contributed by atoms with Gasteiger partial charge in [0.15, 0.2) is 0 Å². The number of likely N-dealkylation sites (N-methyl/N-ethyl adjacent to an activating group) is 2. The molecule has 5 nitrogen and oxygen atoms in total. The van der Waals surface area contributed by atoms with Crippen molar-refractivity contribution in [3.8, 4) is 5.69 Å². The summed E-state index contributed by atoms with van der Waals surface area (Å²) >= 11 is 12.2. The molecule has 1 aromatic carbocycles. The van der Waals surface area contributed by atoms with E-state index in [1.807, 2.05) is 34.0 Å². The molecule has 1 amide bonds. The summed E-state index contributed by atoms with van der Waals surface area (Å²) in [6.07, 6.45) is 0.323. The summed E-state index contributed by atoms with van der Waals surface area (Å²) in [6.45, 7) is 5.29. The summed E-state index contributed by atoms with van der Waals surface area (Å²) in [5.41, 5.74) is 3.42. The Morgan fingerprint density at radius 3 is 2.60 bits per heavy atom. The molecule has 1 N–H and O–H groups in total. The van der Waals surface area contributed by atoms with Crippen molar-refractivity contribution in [2.75, 3.05) is 27.2 Å². The quantitative estimate of drug-likeness (QED) is 0.801. The number of hydrogen-bond donors (Lipinski definition) is 1.